The van der Waals surface area contributed by atoms with Gasteiger partial charge in [-0.25, -0.2) is 0 Å². The lowest BCUT2D eigenvalue weighted by molar-refractivity contribution is 0.0633. The number of nitrogens with zero attached hydrogens (tertiary/aromatic N) is 4. The van der Waals surface area contributed by atoms with Crippen molar-refractivity contribution in [2.45, 2.75) is 6.54 Å². The minimum absolute atomic E-state index is 0.0315. The second-order valence-corrected chi connectivity index (χ2v) is 6.61. The van der Waals surface area contributed by atoms with Crippen molar-refractivity contribution in [1.82, 2.24) is 19.4 Å². The molecule has 0 unspecified atom stereocenters. The van der Waals surface area contributed by atoms with Crippen molar-refractivity contribution in [1.29, 1.82) is 0 Å². The number of piperazine rings is 1. The number of ether oxygens (including phenoxy) is 2. The smallest absolute Gasteiger partial charge is 0.267 e. The fourth-order valence-electron chi connectivity index (χ4n) is 2.97. The molecule has 7 nitrogen and oxygen atoms in total. The summed E-state index contributed by atoms with van der Waals surface area (Å²) in [6, 6.07) is 6.10. The van der Waals surface area contributed by atoms with Gasteiger partial charge in [0.05, 0.1) is 6.20 Å². The number of carbonyl (C=O) groups is 1. The van der Waals surface area contributed by atoms with Crippen LogP contribution in [0.1, 0.15) is 15.2 Å². The van der Waals surface area contributed by atoms with Gasteiger partial charge in [0, 0.05) is 32.7 Å². The van der Waals surface area contributed by atoms with Crippen LogP contribution >= 0.6 is 11.5 Å². The first-order valence-corrected chi connectivity index (χ1v) is 8.74. The monoisotopic (exact) mass is 346 g/mol. The highest BCUT2D eigenvalue weighted by atomic mass is 32.1. The molecule has 1 saturated heterocycles. The average Bonchev–Trinajstić information content (AvgIpc) is 3.16. The van der Waals surface area contributed by atoms with Gasteiger partial charge in [-0.2, -0.15) is 0 Å². The van der Waals surface area contributed by atoms with E-state index in [4.69, 9.17) is 9.47 Å². The van der Waals surface area contributed by atoms with Gasteiger partial charge in [0.1, 0.15) is 18.1 Å². The number of benzene rings is 1. The minimum atomic E-state index is 0.0315. The van der Waals surface area contributed by atoms with E-state index in [0.717, 1.165) is 55.8 Å². The number of carbonyl (C=O) groups excluding carboxylic acids is 1. The van der Waals surface area contributed by atoms with E-state index in [-0.39, 0.29) is 5.91 Å². The van der Waals surface area contributed by atoms with Gasteiger partial charge in [-0.1, -0.05) is 10.6 Å². The lowest BCUT2D eigenvalue weighted by Gasteiger charge is -2.34. The summed E-state index contributed by atoms with van der Waals surface area (Å²) < 4.78 is 14.9. The van der Waals surface area contributed by atoms with Crippen LogP contribution < -0.4 is 9.47 Å². The highest BCUT2D eigenvalue weighted by molar-refractivity contribution is 7.07. The van der Waals surface area contributed by atoms with Gasteiger partial charge in [-0.3, -0.25) is 9.69 Å². The number of amides is 1. The topological polar surface area (TPSA) is 67.8 Å². The number of hydrogen-bond donors (Lipinski definition) is 0. The average molecular weight is 346 g/mol. The lowest BCUT2D eigenvalue weighted by atomic mass is 10.1. The van der Waals surface area contributed by atoms with Crippen molar-refractivity contribution >= 4 is 17.4 Å². The first kappa shape index (κ1) is 15.3. The molecule has 0 spiro atoms. The first-order valence-electron chi connectivity index (χ1n) is 7.97. The Morgan fingerprint density at radius 3 is 2.67 bits per heavy atom. The zero-order chi connectivity index (χ0) is 16.4. The van der Waals surface area contributed by atoms with Gasteiger partial charge in [0.2, 0.25) is 0 Å². The lowest BCUT2D eigenvalue weighted by Crippen LogP contribution is -2.48. The van der Waals surface area contributed by atoms with Crippen LogP contribution in [-0.4, -0.2) is 64.7 Å². The highest BCUT2D eigenvalue weighted by Gasteiger charge is 2.23. The third-order valence-electron chi connectivity index (χ3n) is 4.24. The third kappa shape index (κ3) is 3.20. The van der Waals surface area contributed by atoms with Crippen LogP contribution in [0.25, 0.3) is 0 Å². The molecule has 1 aromatic heterocycles. The van der Waals surface area contributed by atoms with E-state index in [1.165, 1.54) is 11.8 Å². The van der Waals surface area contributed by atoms with E-state index >= 15 is 0 Å². The van der Waals surface area contributed by atoms with Gasteiger partial charge < -0.3 is 14.4 Å². The van der Waals surface area contributed by atoms with E-state index < -0.39 is 0 Å². The normalized spacial score (nSPS) is 17.8. The van der Waals surface area contributed by atoms with Gasteiger partial charge in [0.25, 0.3) is 5.91 Å². The molecule has 2 aliphatic heterocycles. The van der Waals surface area contributed by atoms with Gasteiger partial charge in [-0.15, -0.1) is 5.10 Å². The SMILES string of the molecule is O=C(c1cnns1)N1CCN(Cc2ccc3c(c2)OCCO3)CC1. The molecule has 0 aliphatic carbocycles. The summed E-state index contributed by atoms with van der Waals surface area (Å²) in [5.41, 5.74) is 1.20. The molecule has 0 radical (unpaired) electrons. The summed E-state index contributed by atoms with van der Waals surface area (Å²) in [5.74, 6) is 1.67. The Morgan fingerprint density at radius 2 is 1.92 bits per heavy atom. The van der Waals surface area contributed by atoms with Crippen LogP contribution in [0.3, 0.4) is 0 Å². The number of hydrogen-bond acceptors (Lipinski definition) is 7. The van der Waals surface area contributed by atoms with Crippen molar-refractivity contribution < 1.29 is 14.3 Å². The van der Waals surface area contributed by atoms with Crippen LogP contribution in [0, 0.1) is 0 Å². The van der Waals surface area contributed by atoms with Crippen molar-refractivity contribution in [2.24, 2.45) is 0 Å². The van der Waals surface area contributed by atoms with E-state index in [0.29, 0.717) is 18.1 Å². The zero-order valence-corrected chi connectivity index (χ0v) is 14.0. The van der Waals surface area contributed by atoms with Crippen molar-refractivity contribution in [3.63, 3.8) is 0 Å². The molecule has 1 amide bonds. The maximum Gasteiger partial charge on any atom is 0.267 e. The van der Waals surface area contributed by atoms with Crippen LogP contribution in [-0.2, 0) is 6.54 Å². The molecule has 2 aromatic rings. The number of fused-ring (bicyclic) bond motifs is 1. The van der Waals surface area contributed by atoms with Crippen LogP contribution in [0.4, 0.5) is 0 Å². The summed E-state index contributed by atoms with van der Waals surface area (Å²) in [4.78, 5) is 17.1. The molecule has 126 valence electrons. The summed E-state index contributed by atoms with van der Waals surface area (Å²) in [6.45, 7) is 5.21. The minimum Gasteiger partial charge on any atom is -0.486 e. The van der Waals surface area contributed by atoms with Crippen molar-refractivity contribution in [3.05, 3.63) is 34.8 Å². The predicted octanol–water partition coefficient (Wildman–Crippen LogP) is 1.27. The molecule has 0 atom stereocenters. The largest absolute Gasteiger partial charge is 0.486 e. The molecule has 1 aromatic carbocycles. The van der Waals surface area contributed by atoms with Crippen molar-refractivity contribution in [3.8, 4) is 11.5 Å². The quantitative estimate of drug-likeness (QED) is 0.834. The summed E-state index contributed by atoms with van der Waals surface area (Å²) >= 11 is 1.15. The van der Waals surface area contributed by atoms with E-state index in [1.54, 1.807) is 0 Å². The van der Waals surface area contributed by atoms with Crippen LogP contribution in [0.5, 0.6) is 11.5 Å². The molecule has 0 bridgehead atoms. The fourth-order valence-corrected chi connectivity index (χ4v) is 3.45. The Kier molecular flexibility index (Phi) is 4.31. The van der Waals surface area contributed by atoms with E-state index in [9.17, 15) is 4.79 Å². The molecular formula is C16H18N4O3S. The molecule has 3 heterocycles. The second kappa shape index (κ2) is 6.74. The van der Waals surface area contributed by atoms with E-state index in [2.05, 4.69) is 26.6 Å². The standard InChI is InChI=1S/C16H18N4O3S/c21-16(15-10-17-18-24-15)20-5-3-19(4-6-20)11-12-1-2-13-14(9-12)23-8-7-22-13/h1-2,9-10H,3-8,11H2. The van der Waals surface area contributed by atoms with E-state index in [1.807, 2.05) is 11.0 Å². The number of rotatable bonds is 3. The summed E-state index contributed by atoms with van der Waals surface area (Å²) in [6.07, 6.45) is 1.54. The summed E-state index contributed by atoms with van der Waals surface area (Å²) in [7, 11) is 0. The highest BCUT2D eigenvalue weighted by Crippen LogP contribution is 2.31. The van der Waals surface area contributed by atoms with Gasteiger partial charge in [-0.05, 0) is 29.2 Å². The summed E-state index contributed by atoms with van der Waals surface area (Å²) in [5, 5.41) is 3.73. The first-order chi connectivity index (χ1) is 11.8. The molecule has 1 fully saturated rings. The van der Waals surface area contributed by atoms with Crippen LogP contribution in [0.15, 0.2) is 24.4 Å². The Labute approximate surface area is 143 Å². The molecule has 0 N–H and O–H groups in total. The Morgan fingerprint density at radius 1 is 1.12 bits per heavy atom. The van der Waals surface area contributed by atoms with Crippen LogP contribution in [0.2, 0.25) is 0 Å². The van der Waals surface area contributed by atoms with Gasteiger partial charge >= 0.3 is 0 Å². The molecule has 24 heavy (non-hydrogen) atoms. The Balaban J connectivity index is 1.34. The maximum atomic E-state index is 12.3. The number of aromatic nitrogens is 2. The molecule has 4 rings (SSSR count). The predicted molar refractivity (Wildman–Crippen MR) is 88.5 cm³/mol. The molecular weight excluding hydrogens is 328 g/mol. The third-order valence-corrected chi connectivity index (χ3v) is 4.90. The van der Waals surface area contributed by atoms with Gasteiger partial charge in [0.15, 0.2) is 11.5 Å². The molecule has 0 saturated carbocycles. The zero-order valence-electron chi connectivity index (χ0n) is 13.2. The Hall–Kier alpha value is -2.19. The second-order valence-electron chi connectivity index (χ2n) is 5.83. The fraction of sp³-hybridized carbons (Fsp3) is 0.438. The van der Waals surface area contributed by atoms with Crippen molar-refractivity contribution in [2.75, 3.05) is 39.4 Å². The maximum absolute atomic E-state index is 12.3. The molecule has 2 aliphatic rings. The Bertz CT molecular complexity index is 714. The molecule has 8 heteroatoms.